The van der Waals surface area contributed by atoms with Crippen molar-refractivity contribution in [3.05, 3.63) is 60.3 Å². The predicted molar refractivity (Wildman–Crippen MR) is 117 cm³/mol. The highest BCUT2D eigenvalue weighted by Gasteiger charge is 2.68. The van der Waals surface area contributed by atoms with Crippen molar-refractivity contribution in [3.8, 4) is 0 Å². The fraction of sp³-hybridized carbons (Fsp3) is 0.520. The average molecular weight is 429 g/mol. The number of esters is 1. The molecule has 6 heteroatoms. The van der Waals surface area contributed by atoms with Gasteiger partial charge in [0.25, 0.3) is 0 Å². The molecule has 3 fully saturated rings. The minimum atomic E-state index is -0.994. The number of ether oxygens (including phenoxy) is 3. The van der Waals surface area contributed by atoms with Crippen LogP contribution in [0.3, 0.4) is 0 Å². The van der Waals surface area contributed by atoms with Crippen molar-refractivity contribution in [1.29, 1.82) is 0 Å². The molecule has 1 N–H and O–H groups in total. The number of carboxylic acids is 1. The van der Waals surface area contributed by atoms with Crippen molar-refractivity contribution in [2.45, 2.75) is 69.9 Å². The molecule has 0 amide bonds. The molecule has 5 atom stereocenters. The minimum absolute atomic E-state index is 0.0998. The SMILES string of the molecule is CC(C)=CC[C@H]1O[C@]1(C)[C@H]1C[C@H](OC(=O)/C=C/C=C/C=C/C=C/C(=O)O)CC[C@]12CO2. The van der Waals surface area contributed by atoms with Crippen molar-refractivity contribution in [1.82, 2.24) is 0 Å². The maximum absolute atomic E-state index is 12.2. The summed E-state index contributed by atoms with van der Waals surface area (Å²) in [5.41, 5.74) is 0.976. The lowest BCUT2D eigenvalue weighted by Gasteiger charge is -2.36. The number of hydrogen-bond acceptors (Lipinski definition) is 5. The first-order chi connectivity index (χ1) is 14.7. The van der Waals surface area contributed by atoms with E-state index >= 15 is 0 Å². The van der Waals surface area contributed by atoms with Gasteiger partial charge in [-0.15, -0.1) is 0 Å². The van der Waals surface area contributed by atoms with Crippen LogP contribution in [0.15, 0.2) is 60.3 Å². The average Bonchev–Trinajstić information content (AvgIpc) is 3.61. The Morgan fingerprint density at radius 3 is 2.35 bits per heavy atom. The van der Waals surface area contributed by atoms with Gasteiger partial charge in [-0.3, -0.25) is 0 Å². The molecular weight excluding hydrogens is 396 g/mol. The molecule has 3 aliphatic rings. The van der Waals surface area contributed by atoms with Crippen LogP contribution in [0.5, 0.6) is 0 Å². The van der Waals surface area contributed by atoms with Crippen LogP contribution in [0.1, 0.15) is 46.5 Å². The molecule has 168 valence electrons. The molecule has 1 saturated carbocycles. The highest BCUT2D eigenvalue weighted by molar-refractivity contribution is 5.82. The van der Waals surface area contributed by atoms with Gasteiger partial charge in [0.15, 0.2) is 0 Å². The van der Waals surface area contributed by atoms with Crippen molar-refractivity contribution in [2.75, 3.05) is 6.61 Å². The number of epoxide rings is 2. The number of carboxylic acid groups (broad SMARTS) is 1. The fourth-order valence-electron chi connectivity index (χ4n) is 4.41. The normalized spacial score (nSPS) is 34.7. The number of carbonyl (C=O) groups excluding carboxylic acids is 1. The van der Waals surface area contributed by atoms with E-state index in [1.54, 1.807) is 30.4 Å². The summed E-state index contributed by atoms with van der Waals surface area (Å²) in [6.45, 7) is 7.12. The second-order valence-corrected chi connectivity index (χ2v) is 8.87. The molecule has 2 aliphatic heterocycles. The molecule has 6 nitrogen and oxygen atoms in total. The molecule has 2 saturated heterocycles. The van der Waals surface area contributed by atoms with E-state index < -0.39 is 5.97 Å². The molecule has 1 spiro atoms. The van der Waals surface area contributed by atoms with Gasteiger partial charge in [0.2, 0.25) is 0 Å². The van der Waals surface area contributed by atoms with E-state index in [1.807, 2.05) is 0 Å². The van der Waals surface area contributed by atoms with Gasteiger partial charge in [0.1, 0.15) is 6.10 Å². The Hall–Kier alpha value is -2.44. The number of allylic oxidation sites excluding steroid dienone is 7. The van der Waals surface area contributed by atoms with Gasteiger partial charge in [-0.05, 0) is 46.5 Å². The van der Waals surface area contributed by atoms with Crippen molar-refractivity contribution in [3.63, 3.8) is 0 Å². The molecular formula is C25H32O6. The summed E-state index contributed by atoms with van der Waals surface area (Å²) in [5, 5.41) is 8.49. The summed E-state index contributed by atoms with van der Waals surface area (Å²) in [7, 11) is 0. The van der Waals surface area contributed by atoms with E-state index in [-0.39, 0.29) is 35.3 Å². The topological polar surface area (TPSA) is 88.7 Å². The number of carbonyl (C=O) groups is 2. The maximum Gasteiger partial charge on any atom is 0.331 e. The zero-order valence-corrected chi connectivity index (χ0v) is 18.5. The highest BCUT2D eigenvalue weighted by atomic mass is 16.6. The summed E-state index contributed by atoms with van der Waals surface area (Å²) < 4.78 is 17.7. The number of aliphatic carboxylic acids is 1. The Bertz CT molecular complexity index is 825. The summed E-state index contributed by atoms with van der Waals surface area (Å²) in [6, 6.07) is 0. The molecule has 3 rings (SSSR count). The van der Waals surface area contributed by atoms with E-state index in [2.05, 4.69) is 26.8 Å². The molecule has 0 bridgehead atoms. The van der Waals surface area contributed by atoms with Crippen LogP contribution >= 0.6 is 0 Å². The third kappa shape index (κ3) is 6.28. The van der Waals surface area contributed by atoms with Crippen LogP contribution in [0.2, 0.25) is 0 Å². The van der Waals surface area contributed by atoms with Gasteiger partial charge >= 0.3 is 11.9 Å². The van der Waals surface area contributed by atoms with Crippen LogP contribution in [-0.4, -0.2) is 47.1 Å². The third-order valence-corrected chi connectivity index (χ3v) is 6.26. The molecule has 0 aromatic rings. The van der Waals surface area contributed by atoms with Crippen molar-refractivity contribution < 1.29 is 28.9 Å². The molecule has 0 unspecified atom stereocenters. The summed E-state index contributed by atoms with van der Waals surface area (Å²) in [4.78, 5) is 22.5. The standard InChI is InChI=1S/C25H32O6/c1-18(2)12-13-21-24(3,31-21)20-16-19(14-15-25(20)17-29-25)30-23(28)11-9-7-5-4-6-8-10-22(26)27/h4-12,19-21H,13-17H2,1-3H3,(H,26,27)/b6-4+,7-5+,10-8+,11-9+/t19-,20-,21-,24-,25+/m1/s1. The lowest BCUT2D eigenvalue weighted by Crippen LogP contribution is -2.44. The Morgan fingerprint density at radius 1 is 1.10 bits per heavy atom. The first kappa shape index (κ1) is 23.2. The van der Waals surface area contributed by atoms with Crippen LogP contribution in [0.4, 0.5) is 0 Å². The monoisotopic (exact) mass is 428 g/mol. The third-order valence-electron chi connectivity index (χ3n) is 6.26. The van der Waals surface area contributed by atoms with Gasteiger partial charge in [-0.25, -0.2) is 9.59 Å². The van der Waals surface area contributed by atoms with E-state index in [0.717, 1.165) is 38.4 Å². The Morgan fingerprint density at radius 2 is 1.74 bits per heavy atom. The fourth-order valence-corrected chi connectivity index (χ4v) is 4.41. The predicted octanol–water partition coefficient (Wildman–Crippen LogP) is 4.29. The van der Waals surface area contributed by atoms with Gasteiger partial charge in [0.05, 0.1) is 23.9 Å². The molecule has 31 heavy (non-hydrogen) atoms. The first-order valence-electron chi connectivity index (χ1n) is 10.8. The number of rotatable bonds is 9. The van der Waals surface area contributed by atoms with Crippen LogP contribution in [0, 0.1) is 5.92 Å². The Kier molecular flexibility index (Phi) is 7.34. The zero-order chi connectivity index (χ0) is 22.5. The second-order valence-electron chi connectivity index (χ2n) is 8.87. The van der Waals surface area contributed by atoms with Crippen LogP contribution in [-0.2, 0) is 23.8 Å². The second kappa shape index (κ2) is 9.79. The summed E-state index contributed by atoms with van der Waals surface area (Å²) in [5.74, 6) is -1.13. The molecule has 1 aliphatic carbocycles. The molecule has 0 aromatic carbocycles. The highest BCUT2D eigenvalue weighted by Crippen LogP contribution is 2.59. The van der Waals surface area contributed by atoms with Gasteiger partial charge < -0.3 is 19.3 Å². The zero-order valence-electron chi connectivity index (χ0n) is 18.5. The largest absolute Gasteiger partial charge is 0.478 e. The smallest absolute Gasteiger partial charge is 0.331 e. The van der Waals surface area contributed by atoms with Crippen molar-refractivity contribution in [2.24, 2.45) is 5.92 Å². The quantitative estimate of drug-likeness (QED) is 0.194. The lowest BCUT2D eigenvalue weighted by molar-refractivity contribution is -0.147. The number of hydrogen-bond donors (Lipinski definition) is 1. The molecule has 0 radical (unpaired) electrons. The van der Waals surface area contributed by atoms with E-state index in [9.17, 15) is 9.59 Å². The van der Waals surface area contributed by atoms with E-state index in [4.69, 9.17) is 19.3 Å². The van der Waals surface area contributed by atoms with E-state index in [0.29, 0.717) is 0 Å². The Balaban J connectivity index is 1.48. The summed E-state index contributed by atoms with van der Waals surface area (Å²) >= 11 is 0. The first-order valence-corrected chi connectivity index (χ1v) is 10.8. The van der Waals surface area contributed by atoms with Gasteiger partial charge in [-0.2, -0.15) is 0 Å². The molecule has 2 heterocycles. The molecule has 0 aromatic heterocycles. The Labute approximate surface area is 183 Å². The van der Waals surface area contributed by atoms with Gasteiger partial charge in [-0.1, -0.05) is 48.1 Å². The minimum Gasteiger partial charge on any atom is -0.478 e. The van der Waals surface area contributed by atoms with Gasteiger partial charge in [0, 0.05) is 18.1 Å². The van der Waals surface area contributed by atoms with Crippen LogP contribution < -0.4 is 0 Å². The maximum atomic E-state index is 12.2. The lowest BCUT2D eigenvalue weighted by atomic mass is 9.70. The van der Waals surface area contributed by atoms with Crippen molar-refractivity contribution >= 4 is 11.9 Å². The van der Waals surface area contributed by atoms with E-state index in [1.165, 1.54) is 17.7 Å². The summed E-state index contributed by atoms with van der Waals surface area (Å²) in [6.07, 6.45) is 17.8. The van der Waals surface area contributed by atoms with Crippen LogP contribution in [0.25, 0.3) is 0 Å².